The van der Waals surface area contributed by atoms with Crippen LogP contribution in [0.5, 0.6) is 0 Å². The van der Waals surface area contributed by atoms with Crippen LogP contribution in [-0.4, -0.2) is 31.0 Å². The molecule has 3 N–H and O–H groups in total. The molecule has 2 aromatic heterocycles. The van der Waals surface area contributed by atoms with Crippen LogP contribution in [0.15, 0.2) is 61.2 Å². The molecule has 2 aromatic rings. The second-order valence-electron chi connectivity index (χ2n) is 5.91. The molecule has 0 saturated heterocycles. The van der Waals surface area contributed by atoms with Crippen LogP contribution in [0.25, 0.3) is 11.5 Å². The van der Waals surface area contributed by atoms with Gasteiger partial charge in [-0.1, -0.05) is 37.8 Å². The Bertz CT molecular complexity index is 712. The number of hydrogen-bond donors (Lipinski definition) is 1. The van der Waals surface area contributed by atoms with Crippen molar-refractivity contribution in [2.45, 2.75) is 37.8 Å². The Kier molecular flexibility index (Phi) is 20.4. The molecular weight excluding hydrogens is 658 g/mol. The van der Waals surface area contributed by atoms with E-state index in [1.54, 1.807) is 0 Å². The van der Waals surface area contributed by atoms with Crippen LogP contribution >= 0.6 is 24.4 Å². The van der Waals surface area contributed by atoms with Crippen molar-refractivity contribution in [2.75, 3.05) is 0 Å². The standard InChI is InChI=1S/C6H12N2.2C6H5NS2.HNO3.Pt/c7-5-3-1-2-4-6(5)8;2*8-6(9)7-4-2-1-3-5-7;2-1(3)4;/h5-8H,1-4H2;2*1-5H;(H,2,3,4);/q-2;;;;+4/p+4. The number of aromatic nitrogens is 2. The Labute approximate surface area is 218 Å². The third-order valence-electron chi connectivity index (χ3n) is 3.67. The van der Waals surface area contributed by atoms with Gasteiger partial charge < -0.3 is 16.7 Å². The predicted molar refractivity (Wildman–Crippen MR) is 133 cm³/mol. The molecule has 1 saturated carbocycles. The molecule has 1 aliphatic carbocycles. The van der Waals surface area contributed by atoms with Crippen molar-refractivity contribution in [3.63, 3.8) is 0 Å². The van der Waals surface area contributed by atoms with Gasteiger partial charge in [-0.15, -0.1) is 19.2 Å². The summed E-state index contributed by atoms with van der Waals surface area (Å²) in [4.78, 5) is 8.36. The van der Waals surface area contributed by atoms with Gasteiger partial charge in [0.25, 0.3) is 5.09 Å². The molecule has 8 nitrogen and oxygen atoms in total. The molecule has 170 valence electrons. The van der Waals surface area contributed by atoms with Crippen molar-refractivity contribution < 1.29 is 40.5 Å². The topological polar surface area (TPSA) is 119 Å². The first kappa shape index (κ1) is 32.2. The van der Waals surface area contributed by atoms with Gasteiger partial charge in [0.1, 0.15) is 0 Å². The first-order chi connectivity index (χ1) is 14.1. The Hall–Kier alpha value is -1.01. The van der Waals surface area contributed by atoms with Gasteiger partial charge in [0.2, 0.25) is 0 Å². The van der Waals surface area contributed by atoms with Gasteiger partial charge in [0, 0.05) is 24.3 Å². The van der Waals surface area contributed by atoms with Crippen molar-refractivity contribution in [3.05, 3.63) is 82.8 Å². The van der Waals surface area contributed by atoms with E-state index in [4.69, 9.17) is 51.2 Å². The fraction of sp³-hybridized carbons (Fsp3) is 0.333. The Morgan fingerprint density at radius 3 is 1.29 bits per heavy atom. The van der Waals surface area contributed by atoms with E-state index < -0.39 is 5.09 Å². The van der Waals surface area contributed by atoms with Crippen LogP contribution in [0, 0.1) is 10.1 Å². The maximum absolute atomic E-state index is 8.36. The molecule has 0 radical (unpaired) electrons. The summed E-state index contributed by atoms with van der Waals surface area (Å²) in [5, 5.41) is 13.6. The van der Waals surface area contributed by atoms with Crippen LogP contribution in [-0.2, 0) is 46.3 Å². The average Bonchev–Trinajstić information content (AvgIpc) is 2.72. The van der Waals surface area contributed by atoms with Crippen LogP contribution < -0.4 is 9.13 Å². The summed E-state index contributed by atoms with van der Waals surface area (Å²) in [7, 11) is 0. The van der Waals surface area contributed by atoms with E-state index in [1.807, 2.05) is 70.3 Å². The second kappa shape index (κ2) is 19.7. The summed E-state index contributed by atoms with van der Waals surface area (Å²) in [5.41, 5.74) is 14.6. The zero-order valence-electron chi connectivity index (χ0n) is 16.5. The first-order valence-corrected chi connectivity index (χ1v) is 10.7. The number of nitrogens with zero attached hydrogens (tertiary/aromatic N) is 3. The summed E-state index contributed by atoms with van der Waals surface area (Å²) in [6.07, 6.45) is 11.8. The third kappa shape index (κ3) is 18.3. The summed E-state index contributed by atoms with van der Waals surface area (Å²) < 4.78 is 4.98. The average molecular weight is 685 g/mol. The number of hydrogen-bond acceptors (Lipinski definition) is 4. The van der Waals surface area contributed by atoms with Crippen molar-refractivity contribution >= 4 is 58.3 Å². The van der Waals surface area contributed by atoms with Crippen LogP contribution in [0.3, 0.4) is 0 Å². The summed E-state index contributed by atoms with van der Waals surface area (Å²) in [6.45, 7) is 0. The van der Waals surface area contributed by atoms with E-state index in [1.165, 1.54) is 12.8 Å². The van der Waals surface area contributed by atoms with E-state index >= 15 is 0 Å². The van der Waals surface area contributed by atoms with Gasteiger partial charge >= 0.3 is 29.7 Å². The van der Waals surface area contributed by atoms with Gasteiger partial charge in [-0.3, -0.25) is 0 Å². The predicted octanol–water partition coefficient (Wildman–Crippen LogP) is 2.29. The maximum atomic E-state index is 8.36. The minimum atomic E-state index is -1.50. The Morgan fingerprint density at radius 2 is 1.13 bits per heavy atom. The zero-order chi connectivity index (χ0) is 22.9. The van der Waals surface area contributed by atoms with E-state index in [-0.39, 0.29) is 33.1 Å². The molecule has 0 aromatic carbocycles. The fourth-order valence-corrected chi connectivity index (χ4v) is 2.74. The van der Waals surface area contributed by atoms with E-state index in [0.717, 1.165) is 12.8 Å². The van der Waals surface area contributed by atoms with E-state index in [2.05, 4.69) is 25.3 Å². The monoisotopic (exact) mass is 684 g/mol. The quantitative estimate of drug-likeness (QED) is 0.150. The largest absolute Gasteiger partial charge is 4.00 e. The minimum absolute atomic E-state index is 0. The number of rotatable bonds is 0. The van der Waals surface area contributed by atoms with Crippen LogP contribution in [0.1, 0.15) is 25.7 Å². The fourth-order valence-electron chi connectivity index (χ4n) is 2.20. The maximum Gasteiger partial charge on any atom is 4.00 e. The second-order valence-corrected chi connectivity index (χ2v) is 8.36. The van der Waals surface area contributed by atoms with Crippen molar-refractivity contribution in [1.82, 2.24) is 0 Å². The summed E-state index contributed by atoms with van der Waals surface area (Å²) in [5.74, 6) is 0. The van der Waals surface area contributed by atoms with Gasteiger partial charge in [-0.25, -0.2) is 0 Å². The normalized spacial score (nSPS) is 16.3. The van der Waals surface area contributed by atoms with Crippen molar-refractivity contribution in [1.29, 1.82) is 0 Å². The Balaban J connectivity index is 0. The number of thiocarbonyl (C=S) groups is 2. The van der Waals surface area contributed by atoms with E-state index in [0.29, 0.717) is 8.64 Å². The van der Waals surface area contributed by atoms with Gasteiger partial charge in [-0.05, 0) is 0 Å². The van der Waals surface area contributed by atoms with Crippen molar-refractivity contribution in [2.24, 2.45) is 0 Å². The molecule has 2 atom stereocenters. The molecule has 0 spiro atoms. The zero-order valence-corrected chi connectivity index (χ0v) is 22.4. The summed E-state index contributed by atoms with van der Waals surface area (Å²) in [6, 6.07) is 11.4. The third-order valence-corrected chi connectivity index (χ3v) is 4.60. The molecule has 1 fully saturated rings. The first-order valence-electron chi connectivity index (χ1n) is 8.85. The molecule has 3 rings (SSSR count). The molecule has 0 bridgehead atoms. The number of pyridine rings is 2. The molecular formula is C18H27N5O3PtS4+6. The molecule has 1 aliphatic rings. The van der Waals surface area contributed by atoms with Crippen LogP contribution in [0.2, 0.25) is 0 Å². The van der Waals surface area contributed by atoms with Gasteiger partial charge in [-0.2, -0.15) is 12.1 Å². The van der Waals surface area contributed by atoms with Crippen LogP contribution in [0.4, 0.5) is 0 Å². The summed E-state index contributed by atoms with van der Waals surface area (Å²) >= 11 is 16.1. The van der Waals surface area contributed by atoms with Gasteiger partial charge in [0.15, 0.2) is 24.8 Å². The molecule has 0 aliphatic heterocycles. The minimum Gasteiger partial charge on any atom is -0.676 e. The van der Waals surface area contributed by atoms with Crippen molar-refractivity contribution in [3.8, 4) is 0 Å². The van der Waals surface area contributed by atoms with E-state index in [9.17, 15) is 0 Å². The molecule has 0 amide bonds. The molecule has 2 unspecified atom stereocenters. The molecule has 13 heteroatoms. The Morgan fingerprint density at radius 1 is 0.871 bits per heavy atom. The molecule has 31 heavy (non-hydrogen) atoms. The molecule has 2 heterocycles. The SMILES string of the molecule is O=[N+]([O-])O.S=C([SH2+])[n+]1ccccc1.S=C([SH2+])[n+]1ccccc1.[NH-]C1CCCCC1[NH-].[Pt+4]. The smallest absolute Gasteiger partial charge is 0.676 e. The number of nitrogens with one attached hydrogen (secondary N) is 2. The van der Waals surface area contributed by atoms with Gasteiger partial charge in [0.05, 0.1) is 49.7 Å².